The molecule has 5 heteroatoms. The third-order valence-electron chi connectivity index (χ3n) is 4.01. The number of hydrazone groups is 1. The summed E-state index contributed by atoms with van der Waals surface area (Å²) in [4.78, 5) is 11.8. The molecule has 0 saturated heterocycles. The van der Waals surface area contributed by atoms with Gasteiger partial charge >= 0.3 is 0 Å². The maximum Gasteiger partial charge on any atom is 0.277 e. The molecule has 0 fully saturated rings. The molecule has 0 aliphatic carbocycles. The molecule has 2 aromatic carbocycles. The Morgan fingerprint density at radius 2 is 2.00 bits per heavy atom. The van der Waals surface area contributed by atoms with Crippen LogP contribution in [0.1, 0.15) is 42.9 Å². The van der Waals surface area contributed by atoms with Gasteiger partial charge in [0.05, 0.1) is 6.21 Å². The Bertz CT molecular complexity index is 739. The third kappa shape index (κ3) is 5.64. The SMILES string of the molecule is CC[C@@H](C)c1ccc(OCC(=O)N/N=C/c2cc(C)ccc2O)cc1. The van der Waals surface area contributed by atoms with E-state index in [2.05, 4.69) is 24.4 Å². The molecule has 5 nitrogen and oxygen atoms in total. The molecule has 2 aromatic rings. The predicted molar refractivity (Wildman–Crippen MR) is 99.2 cm³/mol. The minimum absolute atomic E-state index is 0.112. The molecule has 25 heavy (non-hydrogen) atoms. The summed E-state index contributed by atoms with van der Waals surface area (Å²) in [7, 11) is 0. The van der Waals surface area contributed by atoms with Crippen LogP contribution in [0, 0.1) is 6.92 Å². The summed E-state index contributed by atoms with van der Waals surface area (Å²) in [5.74, 6) is 0.892. The fourth-order valence-electron chi connectivity index (χ4n) is 2.26. The predicted octanol–water partition coefficient (Wildman–Crippen LogP) is 3.74. The van der Waals surface area contributed by atoms with Crippen LogP contribution in [0.3, 0.4) is 0 Å². The first-order chi connectivity index (χ1) is 12.0. The van der Waals surface area contributed by atoms with Crippen molar-refractivity contribution in [2.24, 2.45) is 5.10 Å². The van der Waals surface area contributed by atoms with Crippen molar-refractivity contribution in [1.82, 2.24) is 5.43 Å². The Balaban J connectivity index is 1.82. The lowest BCUT2D eigenvalue weighted by Crippen LogP contribution is -2.24. The van der Waals surface area contributed by atoms with Gasteiger partial charge in [-0.3, -0.25) is 4.79 Å². The van der Waals surface area contributed by atoms with Crippen LogP contribution in [0.5, 0.6) is 11.5 Å². The molecule has 0 saturated carbocycles. The van der Waals surface area contributed by atoms with Gasteiger partial charge in [-0.05, 0) is 49.1 Å². The highest BCUT2D eigenvalue weighted by Gasteiger charge is 2.05. The largest absolute Gasteiger partial charge is 0.507 e. The number of nitrogens with one attached hydrogen (secondary N) is 1. The number of carbonyl (C=O) groups excluding carboxylic acids is 1. The Labute approximate surface area is 148 Å². The van der Waals surface area contributed by atoms with E-state index in [1.807, 2.05) is 31.2 Å². The number of phenolic OH excluding ortho intramolecular Hbond substituents is 1. The molecule has 0 aromatic heterocycles. The fourth-order valence-corrected chi connectivity index (χ4v) is 2.26. The van der Waals surface area contributed by atoms with Gasteiger partial charge in [0.25, 0.3) is 5.91 Å². The smallest absolute Gasteiger partial charge is 0.277 e. The number of hydrogen-bond donors (Lipinski definition) is 2. The maximum absolute atomic E-state index is 11.8. The Morgan fingerprint density at radius 3 is 2.68 bits per heavy atom. The number of aromatic hydroxyl groups is 1. The summed E-state index contributed by atoms with van der Waals surface area (Å²) < 4.78 is 5.45. The van der Waals surface area contributed by atoms with Crippen molar-refractivity contribution in [3.05, 3.63) is 59.2 Å². The number of phenols is 1. The van der Waals surface area contributed by atoms with Crippen molar-refractivity contribution < 1.29 is 14.6 Å². The topological polar surface area (TPSA) is 70.9 Å². The van der Waals surface area contributed by atoms with Crippen molar-refractivity contribution in [2.45, 2.75) is 33.1 Å². The lowest BCUT2D eigenvalue weighted by Gasteiger charge is -2.10. The van der Waals surface area contributed by atoms with Gasteiger partial charge in [0.15, 0.2) is 6.61 Å². The van der Waals surface area contributed by atoms with E-state index in [0.29, 0.717) is 17.2 Å². The standard InChI is InChI=1S/C20H24N2O3/c1-4-15(3)16-6-8-18(9-7-16)25-13-20(24)22-21-12-17-11-14(2)5-10-19(17)23/h5-12,15,23H,4,13H2,1-3H3,(H,22,24)/b21-12+/t15-/m1/s1. The summed E-state index contributed by atoms with van der Waals surface area (Å²) in [6, 6.07) is 12.9. The quantitative estimate of drug-likeness (QED) is 0.596. The molecule has 0 radical (unpaired) electrons. The Morgan fingerprint density at radius 1 is 1.28 bits per heavy atom. The average molecular weight is 340 g/mol. The van der Waals surface area contributed by atoms with Crippen LogP contribution in [0.15, 0.2) is 47.6 Å². The molecule has 132 valence electrons. The van der Waals surface area contributed by atoms with Crippen molar-refractivity contribution >= 4 is 12.1 Å². The van der Waals surface area contributed by atoms with Gasteiger partial charge in [0.2, 0.25) is 0 Å². The monoisotopic (exact) mass is 340 g/mol. The maximum atomic E-state index is 11.8. The summed E-state index contributed by atoms with van der Waals surface area (Å²) in [6.07, 6.45) is 2.48. The zero-order valence-electron chi connectivity index (χ0n) is 14.8. The molecule has 0 heterocycles. The first-order valence-electron chi connectivity index (χ1n) is 8.34. The van der Waals surface area contributed by atoms with E-state index in [4.69, 9.17) is 4.74 Å². The number of ether oxygens (including phenoxy) is 1. The second-order valence-corrected chi connectivity index (χ2v) is 6.02. The van der Waals surface area contributed by atoms with Crippen LogP contribution in [0.25, 0.3) is 0 Å². The van der Waals surface area contributed by atoms with E-state index < -0.39 is 0 Å². The van der Waals surface area contributed by atoms with Crippen molar-refractivity contribution in [1.29, 1.82) is 0 Å². The molecule has 0 aliphatic heterocycles. The second-order valence-electron chi connectivity index (χ2n) is 6.02. The van der Waals surface area contributed by atoms with E-state index in [-0.39, 0.29) is 18.3 Å². The number of nitrogens with zero attached hydrogens (tertiary/aromatic N) is 1. The van der Waals surface area contributed by atoms with Crippen LogP contribution >= 0.6 is 0 Å². The zero-order chi connectivity index (χ0) is 18.2. The fraction of sp³-hybridized carbons (Fsp3) is 0.300. The van der Waals surface area contributed by atoms with Gasteiger partial charge < -0.3 is 9.84 Å². The highest BCUT2D eigenvalue weighted by atomic mass is 16.5. The molecule has 1 atom stereocenters. The second kappa shape index (κ2) is 8.87. The molecule has 2 N–H and O–H groups in total. The highest BCUT2D eigenvalue weighted by molar-refractivity contribution is 5.85. The van der Waals surface area contributed by atoms with Gasteiger partial charge in [-0.2, -0.15) is 5.10 Å². The van der Waals surface area contributed by atoms with E-state index >= 15 is 0 Å². The third-order valence-corrected chi connectivity index (χ3v) is 4.01. The van der Waals surface area contributed by atoms with Crippen LogP contribution < -0.4 is 10.2 Å². The van der Waals surface area contributed by atoms with Crippen LogP contribution in [-0.4, -0.2) is 23.8 Å². The molecule has 0 bridgehead atoms. The van der Waals surface area contributed by atoms with Gasteiger partial charge in [0.1, 0.15) is 11.5 Å². The highest BCUT2D eigenvalue weighted by Crippen LogP contribution is 2.21. The molecule has 2 rings (SSSR count). The van der Waals surface area contributed by atoms with E-state index in [9.17, 15) is 9.90 Å². The van der Waals surface area contributed by atoms with Crippen LogP contribution in [0.2, 0.25) is 0 Å². The minimum Gasteiger partial charge on any atom is -0.507 e. The lowest BCUT2D eigenvalue weighted by molar-refractivity contribution is -0.123. The van der Waals surface area contributed by atoms with Gasteiger partial charge in [0, 0.05) is 5.56 Å². The molecule has 0 aliphatic rings. The van der Waals surface area contributed by atoms with E-state index in [0.717, 1.165) is 12.0 Å². The van der Waals surface area contributed by atoms with Crippen molar-refractivity contribution in [2.75, 3.05) is 6.61 Å². The Hall–Kier alpha value is -2.82. The molecule has 0 spiro atoms. The lowest BCUT2D eigenvalue weighted by atomic mass is 9.99. The van der Waals surface area contributed by atoms with Gasteiger partial charge in [-0.1, -0.05) is 37.6 Å². The van der Waals surface area contributed by atoms with Crippen molar-refractivity contribution in [3.63, 3.8) is 0 Å². The molecule has 1 amide bonds. The number of benzene rings is 2. The number of amides is 1. The summed E-state index contributed by atoms with van der Waals surface area (Å²) in [6.45, 7) is 6.11. The number of aryl methyl sites for hydroxylation is 1. The van der Waals surface area contributed by atoms with E-state index in [1.165, 1.54) is 11.8 Å². The molecular weight excluding hydrogens is 316 g/mol. The van der Waals surface area contributed by atoms with Gasteiger partial charge in [-0.25, -0.2) is 5.43 Å². The summed E-state index contributed by atoms with van der Waals surface area (Å²) >= 11 is 0. The minimum atomic E-state index is -0.366. The van der Waals surface area contributed by atoms with Crippen LogP contribution in [0.4, 0.5) is 0 Å². The van der Waals surface area contributed by atoms with Gasteiger partial charge in [-0.15, -0.1) is 0 Å². The zero-order valence-corrected chi connectivity index (χ0v) is 14.8. The average Bonchev–Trinajstić information content (AvgIpc) is 2.62. The first kappa shape index (κ1) is 18.5. The van der Waals surface area contributed by atoms with Crippen LogP contribution in [-0.2, 0) is 4.79 Å². The first-order valence-corrected chi connectivity index (χ1v) is 8.34. The molecule has 0 unspecified atom stereocenters. The molecular formula is C20H24N2O3. The summed E-state index contributed by atoms with van der Waals surface area (Å²) in [5, 5.41) is 13.5. The number of hydrogen-bond acceptors (Lipinski definition) is 4. The van der Waals surface area contributed by atoms with E-state index in [1.54, 1.807) is 18.2 Å². The Kier molecular flexibility index (Phi) is 6.57. The summed E-state index contributed by atoms with van der Waals surface area (Å²) in [5.41, 5.74) is 5.17. The number of rotatable bonds is 7. The van der Waals surface area contributed by atoms with Crippen molar-refractivity contribution in [3.8, 4) is 11.5 Å². The number of carbonyl (C=O) groups is 1. The normalized spacial score (nSPS) is 12.1.